The molecule has 1 fully saturated rings. The molecular formula is C24H28F5N3O2. The van der Waals surface area contributed by atoms with Gasteiger partial charge in [-0.1, -0.05) is 18.2 Å². The van der Waals surface area contributed by atoms with Crippen LogP contribution in [0.1, 0.15) is 40.7 Å². The lowest BCUT2D eigenvalue weighted by Gasteiger charge is -2.31. The number of halogens is 5. The number of aliphatic hydroxyl groups is 1. The zero-order chi connectivity index (χ0) is 24.5. The molecule has 2 aromatic rings. The van der Waals surface area contributed by atoms with Crippen LogP contribution in [0.2, 0.25) is 0 Å². The highest BCUT2D eigenvalue weighted by atomic mass is 19.4. The van der Waals surface area contributed by atoms with E-state index in [4.69, 9.17) is 4.74 Å². The van der Waals surface area contributed by atoms with Crippen molar-refractivity contribution in [2.24, 2.45) is 0 Å². The third kappa shape index (κ3) is 5.19. The molecule has 34 heavy (non-hydrogen) atoms. The average molecular weight is 485 g/mol. The molecule has 0 radical (unpaired) electrons. The first-order valence-electron chi connectivity index (χ1n) is 11.2. The van der Waals surface area contributed by atoms with Gasteiger partial charge in [0.05, 0.1) is 12.7 Å². The molecule has 3 N–H and O–H groups in total. The second-order valence-corrected chi connectivity index (χ2v) is 8.82. The molecule has 2 aliphatic rings. The van der Waals surface area contributed by atoms with Gasteiger partial charge in [-0.05, 0) is 54.3 Å². The predicted molar refractivity (Wildman–Crippen MR) is 116 cm³/mol. The minimum absolute atomic E-state index is 0.119. The first-order chi connectivity index (χ1) is 16.1. The van der Waals surface area contributed by atoms with Crippen molar-refractivity contribution in [3.8, 4) is 5.75 Å². The zero-order valence-corrected chi connectivity index (χ0v) is 18.8. The molecule has 0 saturated carbocycles. The summed E-state index contributed by atoms with van der Waals surface area (Å²) in [6.45, 7) is 3.44. The molecule has 0 aromatic heterocycles. The summed E-state index contributed by atoms with van der Waals surface area (Å²) in [5, 5.41) is 15.8. The second-order valence-electron chi connectivity index (χ2n) is 8.82. The van der Waals surface area contributed by atoms with E-state index in [0.29, 0.717) is 23.7 Å². The molecule has 2 aromatic carbocycles. The Morgan fingerprint density at radius 2 is 1.85 bits per heavy atom. The van der Waals surface area contributed by atoms with Crippen LogP contribution in [0.5, 0.6) is 5.75 Å². The third-order valence-corrected chi connectivity index (χ3v) is 6.54. The number of benzene rings is 2. The SMILES string of the molecule is COc1ccc(C(F)(F)C(O)NCc2ccc3c(c2)CN(C2CCCNC2)C3)c(C(F)(F)F)c1. The Morgan fingerprint density at radius 1 is 1.09 bits per heavy atom. The van der Waals surface area contributed by atoms with Crippen molar-refractivity contribution in [3.63, 3.8) is 0 Å². The molecule has 2 heterocycles. The summed E-state index contributed by atoms with van der Waals surface area (Å²) in [4.78, 5) is 2.39. The summed E-state index contributed by atoms with van der Waals surface area (Å²) in [5.74, 6) is -4.39. The maximum absolute atomic E-state index is 14.9. The quantitative estimate of drug-likeness (QED) is 0.409. The van der Waals surface area contributed by atoms with Crippen LogP contribution in [-0.4, -0.2) is 42.5 Å². The van der Waals surface area contributed by atoms with E-state index in [1.54, 1.807) is 6.07 Å². The van der Waals surface area contributed by atoms with E-state index >= 15 is 0 Å². The largest absolute Gasteiger partial charge is 0.497 e. The van der Waals surface area contributed by atoms with Gasteiger partial charge in [0.25, 0.3) is 0 Å². The van der Waals surface area contributed by atoms with Crippen LogP contribution in [0.4, 0.5) is 22.0 Å². The van der Waals surface area contributed by atoms with Crippen molar-refractivity contribution in [2.75, 3.05) is 20.2 Å². The number of piperidine rings is 1. The number of methoxy groups -OCH3 is 1. The van der Waals surface area contributed by atoms with Gasteiger partial charge in [0.15, 0.2) is 6.23 Å². The Balaban J connectivity index is 1.44. The van der Waals surface area contributed by atoms with Crippen molar-refractivity contribution in [3.05, 3.63) is 64.2 Å². The number of aliphatic hydroxyl groups excluding tert-OH is 1. The summed E-state index contributed by atoms with van der Waals surface area (Å²) in [6.07, 6.45) is -5.29. The lowest BCUT2D eigenvalue weighted by molar-refractivity contribution is -0.155. The van der Waals surface area contributed by atoms with Gasteiger partial charge >= 0.3 is 12.1 Å². The first-order valence-corrected chi connectivity index (χ1v) is 11.2. The Bertz CT molecular complexity index is 1010. The van der Waals surface area contributed by atoms with Crippen LogP contribution < -0.4 is 15.4 Å². The molecule has 0 spiro atoms. The number of nitrogens with zero attached hydrogens (tertiary/aromatic N) is 1. The van der Waals surface area contributed by atoms with Crippen LogP contribution in [0.25, 0.3) is 0 Å². The number of rotatable bonds is 7. The molecule has 5 nitrogen and oxygen atoms in total. The number of fused-ring (bicyclic) bond motifs is 1. The zero-order valence-electron chi connectivity index (χ0n) is 18.8. The lowest BCUT2D eigenvalue weighted by Crippen LogP contribution is -2.43. The molecule has 2 aliphatic heterocycles. The average Bonchev–Trinajstić information content (AvgIpc) is 3.25. The predicted octanol–water partition coefficient (Wildman–Crippen LogP) is 3.98. The number of nitrogens with one attached hydrogen (secondary N) is 2. The van der Waals surface area contributed by atoms with Crippen LogP contribution in [0.15, 0.2) is 36.4 Å². The van der Waals surface area contributed by atoms with Crippen molar-refractivity contribution < 1.29 is 31.8 Å². The van der Waals surface area contributed by atoms with Crippen molar-refractivity contribution in [1.29, 1.82) is 0 Å². The van der Waals surface area contributed by atoms with Crippen LogP contribution in [-0.2, 0) is 31.7 Å². The summed E-state index contributed by atoms with van der Waals surface area (Å²) in [7, 11) is 1.14. The van der Waals surface area contributed by atoms with E-state index in [2.05, 4.69) is 15.5 Å². The van der Waals surface area contributed by atoms with Crippen molar-refractivity contribution in [1.82, 2.24) is 15.5 Å². The van der Waals surface area contributed by atoms with Crippen molar-refractivity contribution in [2.45, 2.75) is 56.8 Å². The second kappa shape index (κ2) is 9.77. The van der Waals surface area contributed by atoms with E-state index in [-0.39, 0.29) is 12.3 Å². The van der Waals surface area contributed by atoms with Gasteiger partial charge in [-0.3, -0.25) is 10.2 Å². The van der Waals surface area contributed by atoms with Crippen LogP contribution in [0, 0.1) is 0 Å². The van der Waals surface area contributed by atoms with E-state index in [1.807, 2.05) is 12.1 Å². The Morgan fingerprint density at radius 3 is 2.53 bits per heavy atom. The summed E-state index contributed by atoms with van der Waals surface area (Å²) in [5.41, 5.74) is 0.0795. The number of ether oxygens (including phenoxy) is 1. The fourth-order valence-corrected chi connectivity index (χ4v) is 4.65. The van der Waals surface area contributed by atoms with Crippen LogP contribution >= 0.6 is 0 Å². The summed E-state index contributed by atoms with van der Waals surface area (Å²) >= 11 is 0. The van der Waals surface area contributed by atoms with Gasteiger partial charge in [0, 0.05) is 37.8 Å². The van der Waals surface area contributed by atoms with Gasteiger partial charge in [-0.25, -0.2) is 0 Å². The third-order valence-electron chi connectivity index (χ3n) is 6.54. The highest BCUT2D eigenvalue weighted by Crippen LogP contribution is 2.42. The van der Waals surface area contributed by atoms with Gasteiger partial charge in [0.2, 0.25) is 0 Å². The smallest absolute Gasteiger partial charge is 0.417 e. The fraction of sp³-hybridized carbons (Fsp3) is 0.500. The molecule has 0 amide bonds. The monoisotopic (exact) mass is 485 g/mol. The molecular weight excluding hydrogens is 457 g/mol. The maximum atomic E-state index is 14.9. The molecule has 0 aliphatic carbocycles. The molecule has 10 heteroatoms. The lowest BCUT2D eigenvalue weighted by atomic mass is 9.99. The highest BCUT2D eigenvalue weighted by Gasteiger charge is 2.47. The van der Waals surface area contributed by atoms with E-state index < -0.39 is 29.5 Å². The maximum Gasteiger partial charge on any atom is 0.417 e. The summed E-state index contributed by atoms with van der Waals surface area (Å²) < 4.78 is 74.7. The summed E-state index contributed by atoms with van der Waals surface area (Å²) in [6, 6.07) is 8.24. The first kappa shape index (κ1) is 24.8. The Kier molecular flexibility index (Phi) is 7.14. The molecule has 2 unspecified atom stereocenters. The topological polar surface area (TPSA) is 56.8 Å². The van der Waals surface area contributed by atoms with Crippen molar-refractivity contribution >= 4 is 0 Å². The molecule has 0 bridgehead atoms. The van der Waals surface area contributed by atoms with Crippen LogP contribution in [0.3, 0.4) is 0 Å². The Labute approximate surface area is 194 Å². The van der Waals surface area contributed by atoms with Gasteiger partial charge in [-0.2, -0.15) is 22.0 Å². The normalized spacial score (nSPS) is 20.3. The minimum atomic E-state index is -5.03. The Hall–Kier alpha value is -2.27. The standard InChI is InChI=1S/C24H28F5N3O2/c1-34-19-6-7-20(21(10-19)24(27,28)29)23(25,26)22(33)31-11-15-4-5-16-13-32(14-17(16)9-15)18-3-2-8-30-12-18/h4-7,9-10,18,22,30-31,33H,2-3,8,11-14H2,1H3. The molecule has 2 atom stereocenters. The number of hydrogen-bond donors (Lipinski definition) is 3. The number of alkyl halides is 5. The van der Waals surface area contributed by atoms with Gasteiger partial charge < -0.3 is 15.2 Å². The van der Waals surface area contributed by atoms with E-state index in [1.165, 1.54) is 5.56 Å². The minimum Gasteiger partial charge on any atom is -0.497 e. The molecule has 1 saturated heterocycles. The van der Waals surface area contributed by atoms with E-state index in [9.17, 15) is 27.1 Å². The molecule has 4 rings (SSSR count). The molecule has 186 valence electrons. The van der Waals surface area contributed by atoms with Gasteiger partial charge in [-0.15, -0.1) is 0 Å². The van der Waals surface area contributed by atoms with Gasteiger partial charge in [0.1, 0.15) is 5.75 Å². The number of hydrogen-bond acceptors (Lipinski definition) is 5. The van der Waals surface area contributed by atoms with E-state index in [0.717, 1.165) is 57.8 Å². The fourth-order valence-electron chi connectivity index (χ4n) is 4.65. The highest BCUT2D eigenvalue weighted by molar-refractivity contribution is 5.40.